The number of aliphatic imine (C=N–C) groups is 1. The van der Waals surface area contributed by atoms with Gasteiger partial charge < -0.3 is 21.3 Å². The van der Waals surface area contributed by atoms with Crippen molar-refractivity contribution >= 4 is 36.2 Å². The van der Waals surface area contributed by atoms with E-state index in [9.17, 15) is 14.4 Å². The number of nitrogens with two attached hydrogens (primary N) is 1. The number of carbonyl (C=O) groups excluding carboxylic acids is 3. The Morgan fingerprint density at radius 3 is 2.54 bits per heavy atom. The second-order valence-corrected chi connectivity index (χ2v) is 11.7. The maximum Gasteiger partial charge on any atom is 0.246 e. The summed E-state index contributed by atoms with van der Waals surface area (Å²) in [6.07, 6.45) is 11.5. The van der Waals surface area contributed by atoms with E-state index in [1.807, 2.05) is 40.9 Å². The fourth-order valence-corrected chi connectivity index (χ4v) is 5.64. The number of likely N-dealkylation sites (tertiary alicyclic amines) is 1. The fourth-order valence-electron chi connectivity index (χ4n) is 4.80. The molecule has 2 rings (SSSR count). The van der Waals surface area contributed by atoms with Gasteiger partial charge in [-0.3, -0.25) is 19.4 Å². The number of thioether (sulfide) groups is 1. The third kappa shape index (κ3) is 8.30. The number of hydrogen-bond acceptors (Lipinski definition) is 6. The summed E-state index contributed by atoms with van der Waals surface area (Å²) in [7, 11) is 0. The molecule has 206 valence electrons. The van der Waals surface area contributed by atoms with E-state index in [1.165, 1.54) is 4.91 Å². The van der Waals surface area contributed by atoms with Gasteiger partial charge in [0.15, 0.2) is 0 Å². The van der Waals surface area contributed by atoms with Crippen LogP contribution in [0.3, 0.4) is 0 Å². The van der Waals surface area contributed by atoms with Gasteiger partial charge in [-0.2, -0.15) is 0 Å². The van der Waals surface area contributed by atoms with Crippen LogP contribution in [-0.4, -0.2) is 66.8 Å². The minimum Gasteiger partial charge on any atom is -0.348 e. The van der Waals surface area contributed by atoms with Crippen molar-refractivity contribution in [3.63, 3.8) is 0 Å². The molecule has 0 aromatic rings. The van der Waals surface area contributed by atoms with Crippen LogP contribution in [0.2, 0.25) is 0 Å². The van der Waals surface area contributed by atoms with Crippen molar-refractivity contribution in [2.75, 3.05) is 19.3 Å². The normalized spacial score (nSPS) is 22.0. The Balaban J connectivity index is 2.07. The SMILES string of the molecule is C=N/C(C)=C(\SC)C1C=CC(C(C)NC(=O)C2CCCN2C(=O)C(NC(=O)CCCN)C(C)(C)C)=CC1. The summed E-state index contributed by atoms with van der Waals surface area (Å²) in [5.74, 6) is -0.306. The molecule has 3 amide bonds. The lowest BCUT2D eigenvalue weighted by atomic mass is 9.85. The summed E-state index contributed by atoms with van der Waals surface area (Å²) in [5.41, 5.74) is 7.02. The Bertz CT molecular complexity index is 950. The summed E-state index contributed by atoms with van der Waals surface area (Å²) < 4.78 is 0. The molecule has 0 saturated carbocycles. The van der Waals surface area contributed by atoms with Gasteiger partial charge in [-0.15, -0.1) is 11.8 Å². The van der Waals surface area contributed by atoms with Crippen molar-refractivity contribution < 1.29 is 14.4 Å². The summed E-state index contributed by atoms with van der Waals surface area (Å²) in [6, 6.07) is -1.44. The van der Waals surface area contributed by atoms with Crippen molar-refractivity contribution in [1.82, 2.24) is 15.5 Å². The predicted molar refractivity (Wildman–Crippen MR) is 153 cm³/mol. The third-order valence-electron chi connectivity index (χ3n) is 7.00. The number of nitrogens with zero attached hydrogens (tertiary/aromatic N) is 2. The van der Waals surface area contributed by atoms with E-state index in [0.29, 0.717) is 25.9 Å². The molecule has 4 N–H and O–H groups in total. The van der Waals surface area contributed by atoms with Crippen LogP contribution < -0.4 is 16.4 Å². The highest BCUT2D eigenvalue weighted by atomic mass is 32.2. The first-order chi connectivity index (χ1) is 17.4. The molecule has 1 fully saturated rings. The molecule has 4 atom stereocenters. The van der Waals surface area contributed by atoms with Crippen LogP contribution in [0.15, 0.2) is 39.4 Å². The molecule has 0 aromatic carbocycles. The lowest BCUT2D eigenvalue weighted by Crippen LogP contribution is -2.58. The number of allylic oxidation sites excluding steroid dienone is 4. The van der Waals surface area contributed by atoms with Crippen LogP contribution in [0, 0.1) is 11.3 Å². The standard InChI is InChI=1S/C28H45N5O3S/c1-18(20-12-14-21(15-13-20)24(37-7)19(2)30-6)31-26(35)22-10-9-17-33(22)27(36)25(28(3,4)5)32-23(34)11-8-16-29/h12-14,18,21-22,25H,6,8-11,15-17,29H2,1-5,7H3,(H,31,35)(H,32,34)/b24-19-. The zero-order chi connectivity index (χ0) is 27.8. The molecule has 1 aliphatic heterocycles. The van der Waals surface area contributed by atoms with E-state index < -0.39 is 17.5 Å². The molecule has 0 bridgehead atoms. The maximum absolute atomic E-state index is 13.6. The van der Waals surface area contributed by atoms with Crippen LogP contribution in [-0.2, 0) is 14.4 Å². The quantitative estimate of drug-likeness (QED) is 0.353. The second-order valence-electron chi connectivity index (χ2n) is 10.9. The Labute approximate surface area is 226 Å². The summed E-state index contributed by atoms with van der Waals surface area (Å²) in [5, 5.41) is 6.01. The van der Waals surface area contributed by atoms with Crippen molar-refractivity contribution in [2.24, 2.45) is 22.1 Å². The third-order valence-corrected chi connectivity index (χ3v) is 8.04. The van der Waals surface area contributed by atoms with E-state index in [0.717, 1.165) is 24.1 Å². The molecule has 1 aliphatic carbocycles. The van der Waals surface area contributed by atoms with Gasteiger partial charge in [0.05, 0.1) is 6.04 Å². The molecule has 8 nitrogen and oxygen atoms in total. The van der Waals surface area contributed by atoms with E-state index in [4.69, 9.17) is 5.73 Å². The highest BCUT2D eigenvalue weighted by molar-refractivity contribution is 8.02. The van der Waals surface area contributed by atoms with Crippen LogP contribution >= 0.6 is 11.8 Å². The second kappa shape index (κ2) is 14.0. The van der Waals surface area contributed by atoms with Gasteiger partial charge in [0.1, 0.15) is 12.1 Å². The Hall–Kier alpha value is -2.39. The largest absolute Gasteiger partial charge is 0.348 e. The number of hydrogen-bond donors (Lipinski definition) is 3. The molecule has 0 aromatic heterocycles. The Morgan fingerprint density at radius 2 is 2.00 bits per heavy atom. The molecule has 0 spiro atoms. The monoisotopic (exact) mass is 531 g/mol. The fraction of sp³-hybridized carbons (Fsp3) is 0.643. The molecule has 1 heterocycles. The lowest BCUT2D eigenvalue weighted by molar-refractivity contribution is -0.144. The van der Waals surface area contributed by atoms with Crippen molar-refractivity contribution in [3.8, 4) is 0 Å². The highest BCUT2D eigenvalue weighted by Gasteiger charge is 2.42. The van der Waals surface area contributed by atoms with Gasteiger partial charge in [-0.1, -0.05) is 39.0 Å². The van der Waals surface area contributed by atoms with E-state index in [1.54, 1.807) is 16.7 Å². The number of carbonyl (C=O) groups is 3. The molecular weight excluding hydrogens is 486 g/mol. The van der Waals surface area contributed by atoms with Crippen molar-refractivity contribution in [3.05, 3.63) is 34.4 Å². The first-order valence-electron chi connectivity index (χ1n) is 13.1. The zero-order valence-corrected chi connectivity index (χ0v) is 24.1. The van der Waals surface area contributed by atoms with Crippen LogP contribution in [0.5, 0.6) is 0 Å². The molecule has 1 saturated heterocycles. The number of amides is 3. The molecule has 0 radical (unpaired) electrons. The van der Waals surface area contributed by atoms with Gasteiger partial charge in [0.25, 0.3) is 0 Å². The van der Waals surface area contributed by atoms with Crippen molar-refractivity contribution in [2.45, 2.75) is 84.8 Å². The minimum atomic E-state index is -0.711. The molecule has 2 aliphatic rings. The average Bonchev–Trinajstić information content (AvgIpc) is 3.36. The molecular formula is C28H45N5O3S. The first kappa shape index (κ1) is 30.8. The lowest BCUT2D eigenvalue weighted by Gasteiger charge is -2.35. The van der Waals surface area contributed by atoms with E-state index >= 15 is 0 Å². The minimum absolute atomic E-state index is 0.159. The highest BCUT2D eigenvalue weighted by Crippen LogP contribution is 2.33. The average molecular weight is 532 g/mol. The van der Waals surface area contributed by atoms with Gasteiger partial charge in [-0.25, -0.2) is 0 Å². The Kier molecular flexibility index (Phi) is 11.6. The van der Waals surface area contributed by atoms with E-state index in [-0.39, 0.29) is 36.1 Å². The van der Waals surface area contributed by atoms with Crippen LogP contribution in [0.1, 0.15) is 66.7 Å². The van der Waals surface area contributed by atoms with Gasteiger partial charge in [-0.05, 0) is 70.0 Å². The van der Waals surface area contributed by atoms with Crippen LogP contribution in [0.25, 0.3) is 0 Å². The van der Waals surface area contributed by atoms with Crippen molar-refractivity contribution in [1.29, 1.82) is 0 Å². The first-order valence-corrected chi connectivity index (χ1v) is 14.4. The molecule has 37 heavy (non-hydrogen) atoms. The zero-order valence-electron chi connectivity index (χ0n) is 23.3. The summed E-state index contributed by atoms with van der Waals surface area (Å²) in [6.45, 7) is 14.3. The predicted octanol–water partition coefficient (Wildman–Crippen LogP) is 3.55. The van der Waals surface area contributed by atoms with Gasteiger partial charge >= 0.3 is 0 Å². The summed E-state index contributed by atoms with van der Waals surface area (Å²) >= 11 is 1.69. The number of rotatable bonds is 11. The maximum atomic E-state index is 13.6. The molecule has 9 heteroatoms. The number of nitrogens with one attached hydrogen (secondary N) is 2. The van der Waals surface area contributed by atoms with E-state index in [2.05, 4.69) is 40.6 Å². The topological polar surface area (TPSA) is 117 Å². The van der Waals surface area contributed by atoms with Gasteiger partial charge in [0.2, 0.25) is 17.7 Å². The van der Waals surface area contributed by atoms with Gasteiger partial charge in [0, 0.05) is 29.5 Å². The molecule has 4 unspecified atom stereocenters. The smallest absolute Gasteiger partial charge is 0.246 e. The summed E-state index contributed by atoms with van der Waals surface area (Å²) in [4.78, 5) is 46.2. The van der Waals surface area contributed by atoms with Crippen LogP contribution in [0.4, 0.5) is 0 Å². The Morgan fingerprint density at radius 1 is 1.30 bits per heavy atom.